The molecule has 1 amide bonds. The van der Waals surface area contributed by atoms with E-state index in [0.717, 1.165) is 29.1 Å². The molecular formula is C19H25N5O2. The second-order valence-corrected chi connectivity index (χ2v) is 6.85. The SMILES string of the molecule is CC(C)OCC(=O)N1CCc2c(nc(-c3ccncc3)nc2N(C)C)C1. The van der Waals surface area contributed by atoms with Crippen molar-refractivity contribution in [1.82, 2.24) is 19.9 Å². The number of amides is 1. The van der Waals surface area contributed by atoms with E-state index in [1.165, 1.54) is 0 Å². The highest BCUT2D eigenvalue weighted by atomic mass is 16.5. The van der Waals surface area contributed by atoms with Crippen LogP contribution in [0.25, 0.3) is 11.4 Å². The maximum absolute atomic E-state index is 12.4. The van der Waals surface area contributed by atoms with Gasteiger partial charge in [0, 0.05) is 44.2 Å². The van der Waals surface area contributed by atoms with Crippen LogP contribution in [-0.2, 0) is 22.5 Å². The molecule has 0 radical (unpaired) electrons. The van der Waals surface area contributed by atoms with E-state index >= 15 is 0 Å². The third-order valence-corrected chi connectivity index (χ3v) is 4.30. The first kappa shape index (κ1) is 18.3. The second kappa shape index (κ2) is 7.78. The van der Waals surface area contributed by atoms with E-state index in [1.807, 2.05) is 49.9 Å². The van der Waals surface area contributed by atoms with Crippen LogP contribution in [0.2, 0.25) is 0 Å². The first-order valence-corrected chi connectivity index (χ1v) is 8.82. The number of rotatable bonds is 5. The van der Waals surface area contributed by atoms with Gasteiger partial charge in [0.05, 0.1) is 18.3 Å². The number of hydrogen-bond donors (Lipinski definition) is 0. The van der Waals surface area contributed by atoms with E-state index < -0.39 is 0 Å². The number of pyridine rings is 1. The van der Waals surface area contributed by atoms with Gasteiger partial charge < -0.3 is 14.5 Å². The van der Waals surface area contributed by atoms with Gasteiger partial charge in [-0.2, -0.15) is 0 Å². The highest BCUT2D eigenvalue weighted by Gasteiger charge is 2.26. The van der Waals surface area contributed by atoms with Gasteiger partial charge in [-0.3, -0.25) is 9.78 Å². The minimum Gasteiger partial charge on any atom is -0.369 e. The zero-order chi connectivity index (χ0) is 18.7. The number of ether oxygens (including phenoxy) is 1. The van der Waals surface area contributed by atoms with Crippen molar-refractivity contribution in [3.63, 3.8) is 0 Å². The summed E-state index contributed by atoms with van der Waals surface area (Å²) < 4.78 is 5.46. The summed E-state index contributed by atoms with van der Waals surface area (Å²) >= 11 is 0. The number of fused-ring (bicyclic) bond motifs is 1. The lowest BCUT2D eigenvalue weighted by Crippen LogP contribution is -2.39. The van der Waals surface area contributed by atoms with Crippen LogP contribution in [-0.4, -0.2) is 59.1 Å². The summed E-state index contributed by atoms with van der Waals surface area (Å²) in [7, 11) is 3.96. The lowest BCUT2D eigenvalue weighted by atomic mass is 10.0. The van der Waals surface area contributed by atoms with E-state index in [0.29, 0.717) is 18.9 Å². The minimum absolute atomic E-state index is 0.000161. The van der Waals surface area contributed by atoms with E-state index in [2.05, 4.69) is 4.98 Å². The molecule has 3 rings (SSSR count). The Morgan fingerprint density at radius 3 is 2.65 bits per heavy atom. The number of carbonyl (C=O) groups is 1. The summed E-state index contributed by atoms with van der Waals surface area (Å²) in [6.07, 6.45) is 4.24. The van der Waals surface area contributed by atoms with Gasteiger partial charge in [0.15, 0.2) is 5.82 Å². The predicted molar refractivity (Wildman–Crippen MR) is 99.8 cm³/mol. The molecule has 0 spiro atoms. The molecule has 0 fully saturated rings. The second-order valence-electron chi connectivity index (χ2n) is 6.85. The fourth-order valence-corrected chi connectivity index (χ4v) is 2.95. The molecule has 0 atom stereocenters. The Morgan fingerprint density at radius 2 is 2.00 bits per heavy atom. The zero-order valence-corrected chi connectivity index (χ0v) is 15.8. The summed E-state index contributed by atoms with van der Waals surface area (Å²) in [5.74, 6) is 1.56. The normalized spacial score (nSPS) is 13.7. The topological polar surface area (TPSA) is 71.5 Å². The van der Waals surface area contributed by atoms with Crippen LogP contribution in [0.15, 0.2) is 24.5 Å². The molecule has 7 heteroatoms. The molecule has 0 saturated carbocycles. The molecule has 0 bridgehead atoms. The molecule has 7 nitrogen and oxygen atoms in total. The van der Waals surface area contributed by atoms with E-state index in [-0.39, 0.29) is 18.6 Å². The largest absolute Gasteiger partial charge is 0.369 e. The molecule has 0 N–H and O–H groups in total. The maximum Gasteiger partial charge on any atom is 0.248 e. The molecule has 1 aliphatic rings. The summed E-state index contributed by atoms with van der Waals surface area (Å²) in [5, 5.41) is 0. The number of aromatic nitrogens is 3. The van der Waals surface area contributed by atoms with Gasteiger partial charge in [-0.25, -0.2) is 9.97 Å². The monoisotopic (exact) mass is 355 g/mol. The van der Waals surface area contributed by atoms with Crippen LogP contribution in [0.3, 0.4) is 0 Å². The summed E-state index contributed by atoms with van der Waals surface area (Å²) in [5.41, 5.74) is 2.93. The van der Waals surface area contributed by atoms with E-state index in [1.54, 1.807) is 12.4 Å². The van der Waals surface area contributed by atoms with Crippen LogP contribution >= 0.6 is 0 Å². The maximum atomic E-state index is 12.4. The molecule has 1 aliphatic heterocycles. The van der Waals surface area contributed by atoms with Crippen LogP contribution in [0.5, 0.6) is 0 Å². The average molecular weight is 355 g/mol. The van der Waals surface area contributed by atoms with Crippen molar-refractivity contribution >= 4 is 11.7 Å². The molecule has 2 aromatic heterocycles. The van der Waals surface area contributed by atoms with E-state index in [9.17, 15) is 4.79 Å². The average Bonchev–Trinajstić information content (AvgIpc) is 2.65. The Balaban J connectivity index is 1.90. The molecule has 2 aromatic rings. The highest BCUT2D eigenvalue weighted by molar-refractivity contribution is 5.78. The minimum atomic E-state index is -0.000161. The lowest BCUT2D eigenvalue weighted by molar-refractivity contribution is -0.138. The Labute approximate surface area is 154 Å². The molecule has 0 unspecified atom stereocenters. The summed E-state index contributed by atoms with van der Waals surface area (Å²) in [6.45, 7) is 5.10. The number of carbonyl (C=O) groups excluding carboxylic acids is 1. The Morgan fingerprint density at radius 1 is 1.27 bits per heavy atom. The molecule has 0 aliphatic carbocycles. The molecule has 0 saturated heterocycles. The van der Waals surface area contributed by atoms with Gasteiger partial charge in [-0.1, -0.05) is 0 Å². The van der Waals surface area contributed by atoms with Gasteiger partial charge >= 0.3 is 0 Å². The van der Waals surface area contributed by atoms with Crippen LogP contribution in [0.4, 0.5) is 5.82 Å². The van der Waals surface area contributed by atoms with E-state index in [4.69, 9.17) is 14.7 Å². The summed E-state index contributed by atoms with van der Waals surface area (Å²) in [6, 6.07) is 3.78. The standard InChI is InChI=1S/C19H25N5O2/c1-13(2)26-12-17(25)24-10-7-15-16(11-24)21-18(22-19(15)23(3)4)14-5-8-20-9-6-14/h5-6,8-9,13H,7,10-12H2,1-4H3. The Kier molecular flexibility index (Phi) is 5.46. The molecule has 0 aromatic carbocycles. The van der Waals surface area contributed by atoms with Gasteiger partial charge in [-0.15, -0.1) is 0 Å². The van der Waals surface area contributed by atoms with Crippen LogP contribution < -0.4 is 4.90 Å². The van der Waals surface area contributed by atoms with Gasteiger partial charge in [-0.05, 0) is 32.4 Å². The number of nitrogens with zero attached hydrogens (tertiary/aromatic N) is 5. The smallest absolute Gasteiger partial charge is 0.248 e. The Bertz CT molecular complexity index is 777. The fraction of sp³-hybridized carbons (Fsp3) is 0.474. The van der Waals surface area contributed by atoms with Gasteiger partial charge in [0.25, 0.3) is 0 Å². The van der Waals surface area contributed by atoms with Gasteiger partial charge in [0.2, 0.25) is 5.91 Å². The van der Waals surface area contributed by atoms with Gasteiger partial charge in [0.1, 0.15) is 12.4 Å². The highest BCUT2D eigenvalue weighted by Crippen LogP contribution is 2.28. The van der Waals surface area contributed by atoms with Crippen molar-refractivity contribution in [3.8, 4) is 11.4 Å². The predicted octanol–water partition coefficient (Wildman–Crippen LogP) is 1.91. The fourth-order valence-electron chi connectivity index (χ4n) is 2.95. The van der Waals surface area contributed by atoms with Crippen molar-refractivity contribution in [1.29, 1.82) is 0 Å². The molecular weight excluding hydrogens is 330 g/mol. The van der Waals surface area contributed by atoms with Crippen molar-refractivity contribution in [2.45, 2.75) is 32.9 Å². The van der Waals surface area contributed by atoms with Crippen molar-refractivity contribution in [3.05, 3.63) is 35.8 Å². The first-order chi connectivity index (χ1) is 12.5. The quantitative estimate of drug-likeness (QED) is 0.816. The van der Waals surface area contributed by atoms with Crippen molar-refractivity contribution in [2.24, 2.45) is 0 Å². The summed E-state index contributed by atoms with van der Waals surface area (Å²) in [4.78, 5) is 29.8. The third kappa shape index (κ3) is 3.99. The lowest BCUT2D eigenvalue weighted by Gasteiger charge is -2.30. The van der Waals surface area contributed by atoms with Crippen molar-refractivity contribution in [2.75, 3.05) is 32.1 Å². The first-order valence-electron chi connectivity index (χ1n) is 8.82. The van der Waals surface area contributed by atoms with Crippen LogP contribution in [0, 0.1) is 0 Å². The van der Waals surface area contributed by atoms with Crippen molar-refractivity contribution < 1.29 is 9.53 Å². The molecule has 26 heavy (non-hydrogen) atoms. The Hall–Kier alpha value is -2.54. The third-order valence-electron chi connectivity index (χ3n) is 4.30. The zero-order valence-electron chi connectivity index (χ0n) is 15.8. The number of hydrogen-bond acceptors (Lipinski definition) is 6. The molecule has 3 heterocycles. The van der Waals surface area contributed by atoms with Crippen LogP contribution in [0.1, 0.15) is 25.1 Å². The molecule has 138 valence electrons. The number of anilines is 1.